The van der Waals surface area contributed by atoms with Gasteiger partial charge in [-0.05, 0) is 57.9 Å². The lowest BCUT2D eigenvalue weighted by Gasteiger charge is -2.20. The first-order chi connectivity index (χ1) is 8.76. The van der Waals surface area contributed by atoms with E-state index < -0.39 is 0 Å². The number of carbonyl (C=O) groups excluding carboxylic acids is 1. The third kappa shape index (κ3) is 3.13. The second-order valence-corrected chi connectivity index (χ2v) is 6.04. The van der Waals surface area contributed by atoms with Crippen LogP contribution < -0.4 is 5.32 Å². The summed E-state index contributed by atoms with van der Waals surface area (Å²) in [6.45, 7) is 9.95. The van der Waals surface area contributed by atoms with E-state index in [1.807, 2.05) is 46.8 Å². The van der Waals surface area contributed by atoms with Crippen molar-refractivity contribution in [3.63, 3.8) is 0 Å². The summed E-state index contributed by atoms with van der Waals surface area (Å²) in [5, 5.41) is 7.86. The first kappa shape index (κ1) is 13.6. The summed E-state index contributed by atoms with van der Waals surface area (Å²) < 4.78 is 5.29. The van der Waals surface area contributed by atoms with E-state index in [-0.39, 0.29) is 17.9 Å². The molecule has 1 aromatic heterocycles. The molecule has 0 aliphatic carbocycles. The van der Waals surface area contributed by atoms with Crippen molar-refractivity contribution in [2.45, 2.75) is 46.6 Å². The molecule has 0 aliphatic rings. The van der Waals surface area contributed by atoms with Gasteiger partial charge in [-0.25, -0.2) is 0 Å². The highest BCUT2D eigenvalue weighted by molar-refractivity contribution is 5.87. The number of nitrogens with one attached hydrogen (secondary N) is 1. The molecule has 1 amide bonds. The summed E-state index contributed by atoms with van der Waals surface area (Å²) in [7, 11) is 0. The van der Waals surface area contributed by atoms with Crippen LogP contribution in [0.4, 0.5) is 0 Å². The third-order valence-corrected chi connectivity index (χ3v) is 3.00. The Kier molecular flexibility index (Phi) is 3.35. The van der Waals surface area contributed by atoms with Crippen molar-refractivity contribution in [2.24, 2.45) is 0 Å². The van der Waals surface area contributed by atoms with Crippen molar-refractivity contribution in [3.05, 3.63) is 29.0 Å². The molecule has 0 spiro atoms. The molecule has 4 heteroatoms. The predicted octanol–water partition coefficient (Wildman–Crippen LogP) is 2.90. The number of carbonyl (C=O) groups is 1. The molecule has 1 aromatic carbocycles. The average Bonchev–Trinajstić information content (AvgIpc) is 2.59. The van der Waals surface area contributed by atoms with Gasteiger partial charge >= 0.3 is 0 Å². The third-order valence-electron chi connectivity index (χ3n) is 3.00. The van der Waals surface area contributed by atoms with E-state index in [9.17, 15) is 4.79 Å². The molecule has 0 bridgehead atoms. The van der Waals surface area contributed by atoms with Gasteiger partial charge in [-0.2, -0.15) is 0 Å². The zero-order valence-electron chi connectivity index (χ0n) is 12.1. The number of nitrogens with zero attached hydrogens (tertiary/aromatic N) is 1. The zero-order chi connectivity index (χ0) is 14.2. The molecule has 0 saturated heterocycles. The van der Waals surface area contributed by atoms with Crippen LogP contribution in [0.1, 0.15) is 37.6 Å². The average molecular weight is 260 g/mol. The highest BCUT2D eigenvalue weighted by Crippen LogP contribution is 2.23. The van der Waals surface area contributed by atoms with Crippen LogP contribution in [0.3, 0.4) is 0 Å². The van der Waals surface area contributed by atoms with Crippen molar-refractivity contribution in [3.8, 4) is 0 Å². The fourth-order valence-corrected chi connectivity index (χ4v) is 1.99. The van der Waals surface area contributed by atoms with Crippen LogP contribution in [0.5, 0.6) is 0 Å². The molecule has 1 heterocycles. The molecule has 0 fully saturated rings. The first-order valence-corrected chi connectivity index (χ1v) is 6.43. The molecule has 2 aromatic rings. The van der Waals surface area contributed by atoms with Crippen molar-refractivity contribution in [1.29, 1.82) is 0 Å². The van der Waals surface area contributed by atoms with Crippen LogP contribution in [0.2, 0.25) is 0 Å². The number of aryl methyl sites for hydroxylation is 2. The van der Waals surface area contributed by atoms with Crippen molar-refractivity contribution in [1.82, 2.24) is 10.5 Å². The van der Waals surface area contributed by atoms with Crippen LogP contribution in [0.25, 0.3) is 11.0 Å². The SMILES string of the molecule is Cc1cc2onc(CC(=O)NC(C)(C)C)c2cc1C. The van der Waals surface area contributed by atoms with Gasteiger partial charge in [0.05, 0.1) is 6.42 Å². The van der Waals surface area contributed by atoms with Gasteiger partial charge in [-0.15, -0.1) is 0 Å². The standard InChI is InChI=1S/C15H20N2O2/c1-9-6-11-12(8-14(18)16-15(3,4)5)17-19-13(11)7-10(9)2/h6-7H,8H2,1-5H3,(H,16,18). The molecule has 0 saturated carbocycles. The molecule has 0 aliphatic heterocycles. The van der Waals surface area contributed by atoms with Crippen LogP contribution in [0.15, 0.2) is 16.7 Å². The number of hydrogen-bond acceptors (Lipinski definition) is 3. The zero-order valence-corrected chi connectivity index (χ0v) is 12.1. The molecule has 19 heavy (non-hydrogen) atoms. The van der Waals surface area contributed by atoms with E-state index in [0.29, 0.717) is 5.69 Å². The fraction of sp³-hybridized carbons (Fsp3) is 0.467. The van der Waals surface area contributed by atoms with Crippen molar-refractivity contribution < 1.29 is 9.32 Å². The van der Waals surface area contributed by atoms with Gasteiger partial charge in [0.15, 0.2) is 5.58 Å². The molecule has 4 nitrogen and oxygen atoms in total. The fourth-order valence-electron chi connectivity index (χ4n) is 1.99. The molecule has 1 N–H and O–H groups in total. The smallest absolute Gasteiger partial charge is 0.226 e. The van der Waals surface area contributed by atoms with Crippen LogP contribution >= 0.6 is 0 Å². The van der Waals surface area contributed by atoms with E-state index >= 15 is 0 Å². The number of fused-ring (bicyclic) bond motifs is 1. The van der Waals surface area contributed by atoms with Gasteiger partial charge in [-0.3, -0.25) is 4.79 Å². The van der Waals surface area contributed by atoms with Gasteiger partial charge in [-0.1, -0.05) is 5.16 Å². The van der Waals surface area contributed by atoms with E-state index in [1.165, 1.54) is 5.56 Å². The Hall–Kier alpha value is -1.84. The highest BCUT2D eigenvalue weighted by Gasteiger charge is 2.17. The number of aromatic nitrogens is 1. The minimum Gasteiger partial charge on any atom is -0.356 e. The van der Waals surface area contributed by atoms with Crippen LogP contribution in [-0.2, 0) is 11.2 Å². The lowest BCUT2D eigenvalue weighted by atomic mass is 10.0. The predicted molar refractivity (Wildman–Crippen MR) is 75.1 cm³/mol. The van der Waals surface area contributed by atoms with Crippen LogP contribution in [0, 0.1) is 13.8 Å². The summed E-state index contributed by atoms with van der Waals surface area (Å²) in [6.07, 6.45) is 0.243. The quantitative estimate of drug-likeness (QED) is 0.903. The minimum atomic E-state index is -0.233. The Morgan fingerprint density at radius 1 is 1.26 bits per heavy atom. The number of amides is 1. The normalized spacial score (nSPS) is 11.8. The van der Waals surface area contributed by atoms with E-state index in [2.05, 4.69) is 10.5 Å². The Morgan fingerprint density at radius 2 is 1.89 bits per heavy atom. The summed E-state index contributed by atoms with van der Waals surface area (Å²) in [6, 6.07) is 3.99. The topological polar surface area (TPSA) is 55.1 Å². The van der Waals surface area contributed by atoms with Gasteiger partial charge in [0.1, 0.15) is 5.69 Å². The minimum absolute atomic E-state index is 0.0408. The number of hydrogen-bond donors (Lipinski definition) is 1. The largest absolute Gasteiger partial charge is 0.356 e. The maximum Gasteiger partial charge on any atom is 0.226 e. The Balaban J connectivity index is 2.27. The second kappa shape index (κ2) is 4.68. The summed E-state index contributed by atoms with van der Waals surface area (Å²) in [5.41, 5.74) is 3.53. The molecular weight excluding hydrogens is 240 g/mol. The van der Waals surface area contributed by atoms with Gasteiger partial charge < -0.3 is 9.84 Å². The van der Waals surface area contributed by atoms with E-state index in [1.54, 1.807) is 0 Å². The second-order valence-electron chi connectivity index (χ2n) is 6.04. The maximum absolute atomic E-state index is 11.9. The molecule has 0 unspecified atom stereocenters. The summed E-state index contributed by atoms with van der Waals surface area (Å²) in [4.78, 5) is 11.9. The molecular formula is C15H20N2O2. The van der Waals surface area contributed by atoms with Gasteiger partial charge in [0.2, 0.25) is 5.91 Å². The van der Waals surface area contributed by atoms with Gasteiger partial charge in [0, 0.05) is 10.9 Å². The van der Waals surface area contributed by atoms with Crippen molar-refractivity contribution in [2.75, 3.05) is 0 Å². The molecule has 0 radical (unpaired) electrons. The molecule has 0 atom stereocenters. The van der Waals surface area contributed by atoms with E-state index in [0.717, 1.165) is 16.5 Å². The first-order valence-electron chi connectivity index (χ1n) is 6.43. The van der Waals surface area contributed by atoms with Crippen molar-refractivity contribution >= 4 is 16.9 Å². The van der Waals surface area contributed by atoms with Gasteiger partial charge in [0.25, 0.3) is 0 Å². The van der Waals surface area contributed by atoms with Crippen LogP contribution in [-0.4, -0.2) is 16.6 Å². The summed E-state index contributed by atoms with van der Waals surface area (Å²) in [5.74, 6) is -0.0408. The number of rotatable bonds is 2. The lowest BCUT2D eigenvalue weighted by Crippen LogP contribution is -2.41. The lowest BCUT2D eigenvalue weighted by molar-refractivity contribution is -0.121. The van der Waals surface area contributed by atoms with E-state index in [4.69, 9.17) is 4.52 Å². The monoisotopic (exact) mass is 260 g/mol. The summed E-state index contributed by atoms with van der Waals surface area (Å²) >= 11 is 0. The Morgan fingerprint density at radius 3 is 2.53 bits per heavy atom. The molecule has 102 valence electrons. The highest BCUT2D eigenvalue weighted by atomic mass is 16.5. The molecule has 2 rings (SSSR count). The Labute approximate surface area is 113 Å². The maximum atomic E-state index is 11.9. The Bertz CT molecular complexity index is 621. The number of benzene rings is 1.